The maximum Gasteiger partial charge on any atom is 0.247 e. The minimum absolute atomic E-state index is 0.0218. The molecule has 8 N–H and O–H groups in total. The second kappa shape index (κ2) is 15.6. The molecule has 2 rings (SSSR count). The van der Waals surface area contributed by atoms with E-state index in [1.807, 2.05) is 0 Å². The van der Waals surface area contributed by atoms with Crippen LogP contribution in [0.25, 0.3) is 0 Å². The van der Waals surface area contributed by atoms with Crippen LogP contribution in [0.15, 0.2) is 35.3 Å². The SMILES string of the molecule is CC[C@@H]1NC(=O)[C@H](CCCNC(N)=NC)NC(=O)[C@](C)(NC(=O)C(C)C)CCNC(=O)[C@@H](c2ccccc2)NC1=O. The maximum atomic E-state index is 13.6. The Morgan fingerprint density at radius 3 is 2.32 bits per heavy atom. The van der Waals surface area contributed by atoms with Gasteiger partial charge in [0.25, 0.3) is 0 Å². The molecule has 1 heterocycles. The van der Waals surface area contributed by atoms with E-state index in [1.54, 1.807) is 65.1 Å². The number of amides is 5. The highest BCUT2D eigenvalue weighted by Gasteiger charge is 2.38. The van der Waals surface area contributed by atoms with Gasteiger partial charge in [0.05, 0.1) is 0 Å². The van der Waals surface area contributed by atoms with E-state index in [2.05, 4.69) is 36.9 Å². The normalized spacial score (nSPS) is 24.8. The average molecular weight is 573 g/mol. The molecule has 41 heavy (non-hydrogen) atoms. The Hall–Kier alpha value is -4.16. The first-order valence-electron chi connectivity index (χ1n) is 13.9. The van der Waals surface area contributed by atoms with Crippen molar-refractivity contribution >= 4 is 35.5 Å². The van der Waals surface area contributed by atoms with E-state index in [-0.39, 0.29) is 37.7 Å². The molecule has 226 valence electrons. The predicted molar refractivity (Wildman–Crippen MR) is 155 cm³/mol. The lowest BCUT2D eigenvalue weighted by Crippen LogP contribution is -2.63. The third-order valence-electron chi connectivity index (χ3n) is 6.91. The zero-order chi connectivity index (χ0) is 30.6. The third-order valence-corrected chi connectivity index (χ3v) is 6.91. The van der Waals surface area contributed by atoms with Crippen molar-refractivity contribution in [3.8, 4) is 0 Å². The van der Waals surface area contributed by atoms with Crippen molar-refractivity contribution in [3.05, 3.63) is 35.9 Å². The Bertz CT molecular complexity index is 1110. The number of nitrogens with zero attached hydrogens (tertiary/aromatic N) is 1. The van der Waals surface area contributed by atoms with E-state index in [0.29, 0.717) is 18.5 Å². The monoisotopic (exact) mass is 572 g/mol. The summed E-state index contributed by atoms with van der Waals surface area (Å²) in [6.45, 7) is 7.11. The second-order valence-corrected chi connectivity index (χ2v) is 10.5. The lowest BCUT2D eigenvalue weighted by atomic mass is 9.94. The Morgan fingerprint density at radius 1 is 1.05 bits per heavy atom. The van der Waals surface area contributed by atoms with Crippen LogP contribution in [-0.4, -0.2) is 73.3 Å². The van der Waals surface area contributed by atoms with Gasteiger partial charge >= 0.3 is 0 Å². The van der Waals surface area contributed by atoms with Crippen LogP contribution in [0.5, 0.6) is 0 Å². The number of carbonyl (C=O) groups excluding carboxylic acids is 5. The summed E-state index contributed by atoms with van der Waals surface area (Å²) in [7, 11) is 1.54. The highest BCUT2D eigenvalue weighted by molar-refractivity contribution is 5.97. The van der Waals surface area contributed by atoms with Crippen LogP contribution in [0.4, 0.5) is 0 Å². The quantitative estimate of drug-likeness (QED) is 0.125. The molecule has 0 aliphatic carbocycles. The van der Waals surface area contributed by atoms with Crippen LogP contribution in [0.2, 0.25) is 0 Å². The summed E-state index contributed by atoms with van der Waals surface area (Å²) < 4.78 is 0. The molecule has 0 saturated carbocycles. The van der Waals surface area contributed by atoms with Crippen molar-refractivity contribution in [2.45, 2.75) is 77.0 Å². The van der Waals surface area contributed by atoms with Gasteiger partial charge in [-0.15, -0.1) is 0 Å². The first-order valence-corrected chi connectivity index (χ1v) is 13.9. The van der Waals surface area contributed by atoms with Crippen LogP contribution < -0.4 is 37.6 Å². The summed E-state index contributed by atoms with van der Waals surface area (Å²) >= 11 is 0. The molecule has 1 aliphatic rings. The van der Waals surface area contributed by atoms with Gasteiger partial charge in [0.2, 0.25) is 29.5 Å². The Balaban J connectivity index is 2.43. The van der Waals surface area contributed by atoms with Gasteiger partial charge in [-0.3, -0.25) is 29.0 Å². The van der Waals surface area contributed by atoms with Crippen LogP contribution in [0.1, 0.15) is 65.0 Å². The van der Waals surface area contributed by atoms with Gasteiger partial charge in [-0.05, 0) is 38.2 Å². The van der Waals surface area contributed by atoms with Gasteiger partial charge in [0, 0.05) is 26.1 Å². The molecule has 0 radical (unpaired) electrons. The molecule has 4 atom stereocenters. The number of guanidine groups is 1. The van der Waals surface area contributed by atoms with Crippen molar-refractivity contribution in [3.63, 3.8) is 0 Å². The molecule has 0 unspecified atom stereocenters. The zero-order valence-electron chi connectivity index (χ0n) is 24.5. The fourth-order valence-corrected chi connectivity index (χ4v) is 4.19. The molecule has 1 aromatic carbocycles. The van der Waals surface area contributed by atoms with E-state index < -0.39 is 53.2 Å². The first-order chi connectivity index (χ1) is 19.4. The van der Waals surface area contributed by atoms with Crippen LogP contribution in [0, 0.1) is 5.92 Å². The summed E-state index contributed by atoms with van der Waals surface area (Å²) in [4.78, 5) is 70.1. The molecule has 1 aliphatic heterocycles. The maximum absolute atomic E-state index is 13.6. The van der Waals surface area contributed by atoms with E-state index in [0.717, 1.165) is 0 Å². The van der Waals surface area contributed by atoms with Crippen molar-refractivity contribution in [2.75, 3.05) is 20.1 Å². The summed E-state index contributed by atoms with van der Waals surface area (Å²) in [6, 6.07) is 5.72. The van der Waals surface area contributed by atoms with Crippen molar-refractivity contribution in [1.82, 2.24) is 31.9 Å². The topological polar surface area (TPSA) is 196 Å². The highest BCUT2D eigenvalue weighted by Crippen LogP contribution is 2.17. The molecule has 1 saturated heterocycles. The first kappa shape index (κ1) is 33.0. The van der Waals surface area contributed by atoms with Crippen LogP contribution in [0.3, 0.4) is 0 Å². The number of carbonyl (C=O) groups is 5. The Labute approximate surface area is 241 Å². The van der Waals surface area contributed by atoms with Crippen LogP contribution in [-0.2, 0) is 24.0 Å². The van der Waals surface area contributed by atoms with E-state index in [9.17, 15) is 24.0 Å². The number of rotatable bonds is 8. The largest absolute Gasteiger partial charge is 0.370 e. The third kappa shape index (κ3) is 9.76. The fraction of sp³-hybridized carbons (Fsp3) is 0.571. The minimum Gasteiger partial charge on any atom is -0.370 e. The lowest BCUT2D eigenvalue weighted by Gasteiger charge is -2.33. The van der Waals surface area contributed by atoms with Crippen LogP contribution >= 0.6 is 0 Å². The summed E-state index contributed by atoms with van der Waals surface area (Å²) in [5, 5.41) is 16.7. The highest BCUT2D eigenvalue weighted by atomic mass is 16.2. The molecular formula is C28H44N8O5. The number of hydrogen-bond donors (Lipinski definition) is 7. The molecule has 13 heteroatoms. The van der Waals surface area contributed by atoms with Gasteiger partial charge < -0.3 is 37.6 Å². The van der Waals surface area contributed by atoms with Gasteiger partial charge in [0.1, 0.15) is 23.7 Å². The smallest absolute Gasteiger partial charge is 0.247 e. The van der Waals surface area contributed by atoms with E-state index in [1.165, 1.54) is 0 Å². The van der Waals surface area contributed by atoms with Gasteiger partial charge in [-0.2, -0.15) is 0 Å². The molecule has 1 fully saturated rings. The predicted octanol–water partition coefficient (Wildman–Crippen LogP) is -0.411. The minimum atomic E-state index is -1.44. The Kier molecular flexibility index (Phi) is 12.6. The van der Waals surface area contributed by atoms with Gasteiger partial charge in [0.15, 0.2) is 5.96 Å². The molecule has 5 amide bonds. The second-order valence-electron chi connectivity index (χ2n) is 10.5. The van der Waals surface area contributed by atoms with Crippen molar-refractivity contribution < 1.29 is 24.0 Å². The average Bonchev–Trinajstić information content (AvgIpc) is 2.95. The number of hydrogen-bond acceptors (Lipinski definition) is 6. The summed E-state index contributed by atoms with van der Waals surface area (Å²) in [5.41, 5.74) is 4.80. The number of nitrogens with two attached hydrogens (primary N) is 1. The molecule has 0 aromatic heterocycles. The number of nitrogens with one attached hydrogen (secondary N) is 6. The standard InChI is InChI=1S/C28H44N8O5/c1-6-19-23(38)35-21(18-11-8-7-9-12-18)25(40)31-16-14-28(4,36-22(37)17(2)3)26(41)34-20(24(39)33-19)13-10-15-32-27(29)30-5/h7-9,11-12,17,19-21H,6,10,13-16H2,1-5H3,(H,31,40)(H,33,39)(H,34,41)(H,35,38)(H,36,37)(H3,29,30,32)/t19-,20-,21+,28+/m0/s1. The summed E-state index contributed by atoms with van der Waals surface area (Å²) in [6.07, 6.45) is 0.944. The zero-order valence-corrected chi connectivity index (χ0v) is 24.5. The molecule has 1 aromatic rings. The van der Waals surface area contributed by atoms with E-state index >= 15 is 0 Å². The summed E-state index contributed by atoms with van der Waals surface area (Å²) in [5.74, 6) is -2.68. The number of benzene rings is 1. The van der Waals surface area contributed by atoms with E-state index in [4.69, 9.17) is 5.73 Å². The molecule has 0 bridgehead atoms. The molecular weight excluding hydrogens is 528 g/mol. The van der Waals surface area contributed by atoms with Gasteiger partial charge in [-0.25, -0.2) is 0 Å². The Morgan fingerprint density at radius 2 is 1.71 bits per heavy atom. The fourth-order valence-electron chi connectivity index (χ4n) is 4.19. The van der Waals surface area contributed by atoms with Crippen molar-refractivity contribution in [1.29, 1.82) is 0 Å². The van der Waals surface area contributed by atoms with Crippen molar-refractivity contribution in [2.24, 2.45) is 16.6 Å². The molecule has 13 nitrogen and oxygen atoms in total. The number of aliphatic imine (C=N–C) groups is 1. The lowest BCUT2D eigenvalue weighted by molar-refractivity contribution is -0.138. The van der Waals surface area contributed by atoms with Gasteiger partial charge in [-0.1, -0.05) is 51.1 Å². The molecule has 0 spiro atoms.